The van der Waals surface area contributed by atoms with Crippen LogP contribution in [0.3, 0.4) is 0 Å². The number of nitrogens with one attached hydrogen (secondary N) is 1. The van der Waals surface area contributed by atoms with Gasteiger partial charge in [-0.25, -0.2) is 9.97 Å². The molecule has 0 aliphatic carbocycles. The molecule has 0 radical (unpaired) electrons. The highest BCUT2D eigenvalue weighted by atomic mass is 16.1. The van der Waals surface area contributed by atoms with Gasteiger partial charge in [0, 0.05) is 31.1 Å². The number of hydrogen-bond donors (Lipinski definition) is 2. The lowest BCUT2D eigenvalue weighted by Gasteiger charge is -2.11. The number of aryl methyl sites for hydroxylation is 1. The lowest BCUT2D eigenvalue weighted by atomic mass is 10.1. The van der Waals surface area contributed by atoms with E-state index < -0.39 is 0 Å². The van der Waals surface area contributed by atoms with Gasteiger partial charge in [0.25, 0.3) is 0 Å². The van der Waals surface area contributed by atoms with Crippen molar-refractivity contribution < 1.29 is 4.79 Å². The largest absolute Gasteiger partial charge is 0.382 e. The lowest BCUT2D eigenvalue weighted by molar-refractivity contribution is -0.121. The molecule has 2 heterocycles. The first-order valence-electron chi connectivity index (χ1n) is 19.1. The zero-order valence-electron chi connectivity index (χ0n) is 32.1. The summed E-state index contributed by atoms with van der Waals surface area (Å²) in [6, 6.07) is 8.50. The Morgan fingerprint density at radius 1 is 0.787 bits per heavy atom. The van der Waals surface area contributed by atoms with E-state index >= 15 is 0 Å². The molecular weight excluding hydrogens is 578 g/mol. The van der Waals surface area contributed by atoms with Gasteiger partial charge in [-0.2, -0.15) is 0 Å². The summed E-state index contributed by atoms with van der Waals surface area (Å²) in [6.45, 7) is 22.3. The van der Waals surface area contributed by atoms with Crippen molar-refractivity contribution >= 4 is 34.9 Å². The number of rotatable bonds is 17. The fourth-order valence-electron chi connectivity index (χ4n) is 5.27. The maximum atomic E-state index is 12.0. The van der Waals surface area contributed by atoms with Crippen LogP contribution in [0.4, 0.5) is 5.82 Å². The van der Waals surface area contributed by atoms with Crippen molar-refractivity contribution in [3.05, 3.63) is 51.8 Å². The van der Waals surface area contributed by atoms with Crippen molar-refractivity contribution in [3.63, 3.8) is 0 Å². The average Bonchev–Trinajstić information content (AvgIpc) is 3.46. The molecule has 3 N–H and O–H groups in total. The van der Waals surface area contributed by atoms with Crippen LogP contribution in [0, 0.1) is 0 Å². The molecule has 0 saturated carbocycles. The Hall–Kier alpha value is -3.15. The number of nitrogen functional groups attached to an aromatic ring is 1. The van der Waals surface area contributed by atoms with Crippen LogP contribution in [-0.2, 0) is 24.3 Å². The number of fused-ring (bicyclic) bond motifs is 1. The molecule has 6 nitrogen and oxygen atoms in total. The molecular formula is C41H71N5O. The SMILES string of the molecule is C/C=c1\c(=C/CC)nc(N)c2nc(CCCC)n(Cc3ccc(CNC(=O)CCCCC)cc3)c12.CC.CC.CCCCCCCC. The number of nitrogens with two attached hydrogens (primary N) is 1. The molecule has 0 aliphatic heterocycles. The fraction of sp³-hybridized carbons (Fsp3) is 0.634. The van der Waals surface area contributed by atoms with E-state index in [1.807, 2.05) is 34.6 Å². The van der Waals surface area contributed by atoms with Crippen LogP contribution in [0.2, 0.25) is 0 Å². The Balaban J connectivity index is 0.00000152. The van der Waals surface area contributed by atoms with Crippen LogP contribution >= 0.6 is 0 Å². The summed E-state index contributed by atoms with van der Waals surface area (Å²) >= 11 is 0. The lowest BCUT2D eigenvalue weighted by Crippen LogP contribution is -2.31. The molecule has 0 bridgehead atoms. The van der Waals surface area contributed by atoms with Crippen molar-refractivity contribution in [2.75, 3.05) is 5.73 Å². The Morgan fingerprint density at radius 3 is 1.87 bits per heavy atom. The second-order valence-corrected chi connectivity index (χ2v) is 11.6. The molecule has 0 fully saturated rings. The number of hydrogen-bond acceptors (Lipinski definition) is 4. The van der Waals surface area contributed by atoms with E-state index in [4.69, 9.17) is 10.7 Å². The molecule has 0 spiro atoms. The normalized spacial score (nSPS) is 11.3. The molecule has 2 aromatic heterocycles. The Morgan fingerprint density at radius 2 is 1.34 bits per heavy atom. The molecule has 0 unspecified atom stereocenters. The molecule has 266 valence electrons. The summed E-state index contributed by atoms with van der Waals surface area (Å²) in [5.41, 5.74) is 10.5. The highest BCUT2D eigenvalue weighted by molar-refractivity contribution is 5.86. The van der Waals surface area contributed by atoms with Gasteiger partial charge in [-0.3, -0.25) is 4.79 Å². The third-order valence-electron chi connectivity index (χ3n) is 7.82. The third kappa shape index (κ3) is 16.0. The zero-order chi connectivity index (χ0) is 35.5. The number of carbonyl (C=O) groups excluding carboxylic acids is 1. The Bertz CT molecular complexity index is 1340. The number of pyridine rings is 1. The Kier molecular flexibility index (Phi) is 26.0. The third-order valence-corrected chi connectivity index (χ3v) is 7.82. The predicted molar refractivity (Wildman–Crippen MR) is 208 cm³/mol. The van der Waals surface area contributed by atoms with Gasteiger partial charge in [0.05, 0.1) is 10.9 Å². The molecule has 47 heavy (non-hydrogen) atoms. The number of imidazole rings is 1. The van der Waals surface area contributed by atoms with Gasteiger partial charge in [0.15, 0.2) is 5.82 Å². The number of amides is 1. The van der Waals surface area contributed by atoms with Crippen molar-refractivity contribution in [2.24, 2.45) is 0 Å². The van der Waals surface area contributed by atoms with E-state index in [9.17, 15) is 4.79 Å². The second kappa shape index (κ2) is 27.9. The first-order valence-corrected chi connectivity index (χ1v) is 19.1. The minimum atomic E-state index is 0.127. The molecule has 0 atom stereocenters. The minimum Gasteiger partial charge on any atom is -0.382 e. The zero-order valence-corrected chi connectivity index (χ0v) is 32.1. The van der Waals surface area contributed by atoms with Crippen molar-refractivity contribution in [2.45, 2.75) is 172 Å². The van der Waals surface area contributed by atoms with E-state index in [-0.39, 0.29) is 5.91 Å². The molecule has 0 saturated heterocycles. The van der Waals surface area contributed by atoms with E-state index in [0.717, 1.165) is 84.5 Å². The average molecular weight is 650 g/mol. The fourth-order valence-corrected chi connectivity index (χ4v) is 5.27. The number of unbranched alkanes of at least 4 members (excludes halogenated alkanes) is 8. The van der Waals surface area contributed by atoms with Crippen molar-refractivity contribution in [3.8, 4) is 0 Å². The van der Waals surface area contributed by atoms with Gasteiger partial charge in [-0.1, -0.05) is 157 Å². The number of aromatic nitrogens is 3. The van der Waals surface area contributed by atoms with Crippen molar-refractivity contribution in [1.29, 1.82) is 0 Å². The van der Waals surface area contributed by atoms with Crippen LogP contribution in [0.25, 0.3) is 23.2 Å². The van der Waals surface area contributed by atoms with Gasteiger partial charge in [-0.05, 0) is 37.3 Å². The molecule has 3 aromatic rings. The van der Waals surface area contributed by atoms with Crippen molar-refractivity contribution in [1.82, 2.24) is 19.9 Å². The van der Waals surface area contributed by atoms with Crippen LogP contribution < -0.4 is 21.6 Å². The molecule has 1 aromatic carbocycles. The second-order valence-electron chi connectivity index (χ2n) is 11.6. The molecule has 3 rings (SSSR count). The van der Waals surface area contributed by atoms with Crippen LogP contribution in [0.15, 0.2) is 24.3 Å². The van der Waals surface area contributed by atoms with Gasteiger partial charge in [0.1, 0.15) is 11.3 Å². The van der Waals surface area contributed by atoms with E-state index in [0.29, 0.717) is 18.8 Å². The minimum absolute atomic E-state index is 0.127. The highest BCUT2D eigenvalue weighted by Crippen LogP contribution is 2.20. The van der Waals surface area contributed by atoms with Gasteiger partial charge >= 0.3 is 0 Å². The summed E-state index contributed by atoms with van der Waals surface area (Å²) in [5.74, 6) is 1.67. The number of benzene rings is 1. The van der Waals surface area contributed by atoms with Crippen LogP contribution in [0.1, 0.15) is 170 Å². The maximum absolute atomic E-state index is 12.0. The topological polar surface area (TPSA) is 85.8 Å². The van der Waals surface area contributed by atoms with Crippen LogP contribution in [0.5, 0.6) is 0 Å². The quantitative estimate of drug-likeness (QED) is 0.143. The Labute approximate surface area is 288 Å². The monoisotopic (exact) mass is 650 g/mol. The summed E-state index contributed by atoms with van der Waals surface area (Å²) in [5, 5.41) is 5.05. The number of nitrogens with zero attached hydrogens (tertiary/aromatic N) is 3. The molecule has 1 amide bonds. The van der Waals surface area contributed by atoms with E-state index in [1.54, 1.807) is 0 Å². The smallest absolute Gasteiger partial charge is 0.220 e. The van der Waals surface area contributed by atoms with E-state index in [1.165, 1.54) is 44.1 Å². The number of carbonyl (C=O) groups is 1. The standard InChI is InChI=1S/C29H41N5O.C8H18.2C2H6/c1-5-9-11-14-26(35)31-19-21-15-17-22(18-16-21)20-34-25(13-10-6-2)33-27-28(34)23(8-4)24(12-7-3)32-29(27)30;1-3-5-7-8-6-4-2;2*1-2/h8,12,15-18H,5-7,9-11,13-14,19-20H2,1-4H3,(H2,30,32)(H,31,35);3-8H2,1-2H3;2*1-2H3/b23-8+,24-12+;;;. The molecule has 0 aliphatic rings. The van der Waals surface area contributed by atoms with Gasteiger partial charge in [-0.15, -0.1) is 0 Å². The summed E-state index contributed by atoms with van der Waals surface area (Å²) < 4.78 is 2.32. The maximum Gasteiger partial charge on any atom is 0.220 e. The molecule has 6 heteroatoms. The summed E-state index contributed by atoms with van der Waals surface area (Å²) in [7, 11) is 0. The van der Waals surface area contributed by atoms with Crippen LogP contribution in [-0.4, -0.2) is 20.4 Å². The predicted octanol–water partition coefficient (Wildman–Crippen LogP) is 10.0. The van der Waals surface area contributed by atoms with Gasteiger partial charge < -0.3 is 15.6 Å². The first-order chi connectivity index (χ1) is 22.9. The first kappa shape index (κ1) is 43.9. The summed E-state index contributed by atoms with van der Waals surface area (Å²) in [6.07, 6.45) is 20.5. The summed E-state index contributed by atoms with van der Waals surface area (Å²) in [4.78, 5) is 21.6. The highest BCUT2D eigenvalue weighted by Gasteiger charge is 2.16. The van der Waals surface area contributed by atoms with E-state index in [2.05, 4.69) is 85.9 Å². The van der Waals surface area contributed by atoms with Gasteiger partial charge in [0.2, 0.25) is 5.91 Å². The number of anilines is 1.